The van der Waals surface area contributed by atoms with Crippen molar-refractivity contribution in [2.75, 3.05) is 62.3 Å². The Morgan fingerprint density at radius 2 is 1.81 bits per heavy atom. The van der Waals surface area contributed by atoms with Crippen LogP contribution in [0.5, 0.6) is 0 Å². The van der Waals surface area contributed by atoms with E-state index in [1.54, 1.807) is 13.1 Å². The second-order valence-corrected chi connectivity index (χ2v) is 6.45. The maximum absolute atomic E-state index is 12.6. The summed E-state index contributed by atoms with van der Waals surface area (Å²) in [5.74, 6) is 1.42. The van der Waals surface area contributed by atoms with Gasteiger partial charge in [-0.25, -0.2) is 0 Å². The lowest BCUT2D eigenvalue weighted by Gasteiger charge is -2.36. The Bertz CT molecular complexity index is 765. The predicted molar refractivity (Wildman–Crippen MR) is 94.4 cm³/mol. The third kappa shape index (κ3) is 3.34. The zero-order valence-electron chi connectivity index (χ0n) is 14.8. The number of morpholine rings is 1. The van der Waals surface area contributed by atoms with Gasteiger partial charge in [0, 0.05) is 45.3 Å². The number of rotatable bonds is 3. The van der Waals surface area contributed by atoms with Crippen LogP contribution in [-0.2, 0) is 4.74 Å². The highest BCUT2D eigenvalue weighted by Crippen LogP contribution is 2.21. The Kier molecular flexibility index (Phi) is 4.70. The molecule has 0 aliphatic carbocycles. The van der Waals surface area contributed by atoms with Crippen LogP contribution in [0.15, 0.2) is 23.0 Å². The number of nitrogens with zero attached hydrogens (tertiary/aromatic N) is 6. The number of ether oxygens (including phenoxy) is 1. The van der Waals surface area contributed by atoms with Gasteiger partial charge in [-0.2, -0.15) is 5.10 Å². The molecule has 0 radical (unpaired) electrons. The van der Waals surface area contributed by atoms with E-state index in [0.29, 0.717) is 24.4 Å². The molecular weight excluding hydrogens is 336 g/mol. The fraction of sp³-hybridized carbons (Fsp3) is 0.529. The Morgan fingerprint density at radius 1 is 1.04 bits per heavy atom. The number of anilines is 2. The monoisotopic (exact) mass is 358 g/mol. The van der Waals surface area contributed by atoms with Gasteiger partial charge in [-0.1, -0.05) is 5.16 Å². The highest BCUT2D eigenvalue weighted by molar-refractivity contribution is 5.94. The molecule has 26 heavy (non-hydrogen) atoms. The van der Waals surface area contributed by atoms with Gasteiger partial charge in [0.2, 0.25) is 0 Å². The van der Waals surface area contributed by atoms with Gasteiger partial charge in [-0.3, -0.25) is 4.79 Å². The van der Waals surface area contributed by atoms with Crippen molar-refractivity contribution >= 4 is 17.4 Å². The normalized spacial score (nSPS) is 18.3. The lowest BCUT2D eigenvalue weighted by atomic mass is 10.2. The van der Waals surface area contributed by atoms with E-state index in [1.807, 2.05) is 4.90 Å². The summed E-state index contributed by atoms with van der Waals surface area (Å²) in [6.45, 7) is 7.67. The zero-order valence-corrected chi connectivity index (χ0v) is 14.8. The molecule has 2 aliphatic rings. The molecule has 0 N–H and O–H groups in total. The number of amides is 1. The Hall–Kier alpha value is -2.68. The molecule has 0 aromatic carbocycles. The van der Waals surface area contributed by atoms with Crippen LogP contribution < -0.4 is 9.80 Å². The van der Waals surface area contributed by atoms with Crippen LogP contribution in [0.4, 0.5) is 11.5 Å². The van der Waals surface area contributed by atoms with Gasteiger partial charge >= 0.3 is 0 Å². The van der Waals surface area contributed by atoms with E-state index in [2.05, 4.69) is 31.2 Å². The topological polar surface area (TPSA) is 87.8 Å². The maximum Gasteiger partial charge on any atom is 0.259 e. The minimum Gasteiger partial charge on any atom is -0.378 e. The van der Waals surface area contributed by atoms with Crippen LogP contribution in [0, 0.1) is 6.92 Å². The highest BCUT2D eigenvalue weighted by Gasteiger charge is 2.25. The Labute approximate surface area is 151 Å². The molecule has 2 aliphatic heterocycles. The summed E-state index contributed by atoms with van der Waals surface area (Å²) in [7, 11) is 0. The molecule has 2 aromatic heterocycles. The minimum absolute atomic E-state index is 0.0229. The molecule has 9 nitrogen and oxygen atoms in total. The second kappa shape index (κ2) is 7.28. The molecule has 0 spiro atoms. The minimum atomic E-state index is -0.0229. The molecule has 0 bridgehead atoms. The predicted octanol–water partition coefficient (Wildman–Crippen LogP) is 0.572. The first-order valence-corrected chi connectivity index (χ1v) is 8.83. The fourth-order valence-electron chi connectivity index (χ4n) is 3.31. The van der Waals surface area contributed by atoms with Crippen LogP contribution in [0.25, 0.3) is 0 Å². The average molecular weight is 358 g/mol. The maximum atomic E-state index is 12.6. The smallest absolute Gasteiger partial charge is 0.259 e. The fourth-order valence-corrected chi connectivity index (χ4v) is 3.31. The number of piperazine rings is 1. The standard InChI is InChI=1S/C17H22N6O3/c1-13-15(12-19-26-13)17(24)23-4-2-21(3-5-23)14-10-16(20-18-11-14)22-6-8-25-9-7-22/h10-12H,2-9H2,1H3. The van der Waals surface area contributed by atoms with E-state index < -0.39 is 0 Å². The van der Waals surface area contributed by atoms with Gasteiger partial charge in [-0.05, 0) is 6.92 Å². The van der Waals surface area contributed by atoms with Crippen molar-refractivity contribution in [3.8, 4) is 0 Å². The van der Waals surface area contributed by atoms with E-state index in [4.69, 9.17) is 9.26 Å². The molecular formula is C17H22N6O3. The first-order valence-electron chi connectivity index (χ1n) is 8.83. The largest absolute Gasteiger partial charge is 0.378 e. The summed E-state index contributed by atoms with van der Waals surface area (Å²) < 4.78 is 10.4. The van der Waals surface area contributed by atoms with Crippen molar-refractivity contribution in [3.63, 3.8) is 0 Å². The molecule has 2 aromatic rings. The molecule has 4 heterocycles. The molecule has 0 saturated carbocycles. The molecule has 0 unspecified atom stereocenters. The summed E-state index contributed by atoms with van der Waals surface area (Å²) in [4.78, 5) is 18.8. The molecule has 0 atom stereocenters. The van der Waals surface area contributed by atoms with E-state index in [-0.39, 0.29) is 5.91 Å². The van der Waals surface area contributed by atoms with Gasteiger partial charge in [0.1, 0.15) is 11.3 Å². The van der Waals surface area contributed by atoms with Crippen molar-refractivity contribution in [2.45, 2.75) is 6.92 Å². The SMILES string of the molecule is Cc1oncc1C(=O)N1CCN(c2cnnc(N3CCOCC3)c2)CC1. The summed E-state index contributed by atoms with van der Waals surface area (Å²) >= 11 is 0. The lowest BCUT2D eigenvalue weighted by molar-refractivity contribution is 0.0745. The van der Waals surface area contributed by atoms with Crippen LogP contribution in [0.2, 0.25) is 0 Å². The van der Waals surface area contributed by atoms with Crippen LogP contribution in [0.3, 0.4) is 0 Å². The van der Waals surface area contributed by atoms with E-state index >= 15 is 0 Å². The summed E-state index contributed by atoms with van der Waals surface area (Å²) in [5, 5.41) is 12.1. The molecule has 9 heteroatoms. The Morgan fingerprint density at radius 3 is 2.50 bits per heavy atom. The molecule has 4 rings (SSSR count). The quantitative estimate of drug-likeness (QED) is 0.787. The number of carbonyl (C=O) groups excluding carboxylic acids is 1. The number of carbonyl (C=O) groups is 1. The van der Waals surface area contributed by atoms with E-state index in [9.17, 15) is 4.79 Å². The van der Waals surface area contributed by atoms with Crippen molar-refractivity contribution in [3.05, 3.63) is 29.8 Å². The zero-order chi connectivity index (χ0) is 17.9. The van der Waals surface area contributed by atoms with E-state index in [1.165, 1.54) is 6.20 Å². The van der Waals surface area contributed by atoms with Gasteiger partial charge in [-0.15, -0.1) is 5.10 Å². The summed E-state index contributed by atoms with van der Waals surface area (Å²) in [5.41, 5.74) is 1.58. The Balaban J connectivity index is 1.40. The third-order valence-corrected chi connectivity index (χ3v) is 4.88. The first-order chi connectivity index (χ1) is 12.7. The van der Waals surface area contributed by atoms with Gasteiger partial charge in [0.15, 0.2) is 5.82 Å². The van der Waals surface area contributed by atoms with Gasteiger partial charge in [0.05, 0.1) is 31.3 Å². The molecule has 1 amide bonds. The van der Waals surface area contributed by atoms with Crippen LogP contribution in [0.1, 0.15) is 16.1 Å². The summed E-state index contributed by atoms with van der Waals surface area (Å²) in [6, 6.07) is 2.07. The lowest BCUT2D eigenvalue weighted by Crippen LogP contribution is -2.49. The van der Waals surface area contributed by atoms with Gasteiger partial charge in [0.25, 0.3) is 5.91 Å². The van der Waals surface area contributed by atoms with Crippen LogP contribution in [-0.4, -0.2) is 78.6 Å². The van der Waals surface area contributed by atoms with E-state index in [0.717, 1.165) is 50.9 Å². The van der Waals surface area contributed by atoms with Crippen molar-refractivity contribution in [1.29, 1.82) is 0 Å². The number of hydrogen-bond donors (Lipinski definition) is 0. The number of hydrogen-bond acceptors (Lipinski definition) is 8. The second-order valence-electron chi connectivity index (χ2n) is 6.45. The van der Waals surface area contributed by atoms with Gasteiger partial charge < -0.3 is 24.0 Å². The number of aromatic nitrogens is 3. The average Bonchev–Trinajstić information content (AvgIpc) is 3.14. The molecule has 138 valence electrons. The third-order valence-electron chi connectivity index (χ3n) is 4.88. The molecule has 2 fully saturated rings. The van der Waals surface area contributed by atoms with Crippen molar-refractivity contribution in [2.24, 2.45) is 0 Å². The summed E-state index contributed by atoms with van der Waals surface area (Å²) in [6.07, 6.45) is 3.27. The number of aryl methyl sites for hydroxylation is 1. The van der Waals surface area contributed by atoms with Crippen LogP contribution >= 0.6 is 0 Å². The molecule has 2 saturated heterocycles. The van der Waals surface area contributed by atoms with Crippen molar-refractivity contribution < 1.29 is 14.1 Å². The first kappa shape index (κ1) is 16.8. The highest BCUT2D eigenvalue weighted by atomic mass is 16.5. The van der Waals surface area contributed by atoms with Crippen molar-refractivity contribution in [1.82, 2.24) is 20.3 Å².